The van der Waals surface area contributed by atoms with Gasteiger partial charge in [-0.25, -0.2) is 0 Å². The first-order valence-corrected chi connectivity index (χ1v) is 9.13. The number of likely N-dealkylation sites (N-methyl/N-ethyl adjacent to an activating group) is 1. The Balaban J connectivity index is 1.85. The first-order valence-electron chi connectivity index (χ1n) is 9.13. The minimum Gasteiger partial charge on any atom is -0.378 e. The normalized spacial score (nSPS) is 35.0. The fraction of sp³-hybridized carbons (Fsp3) is 1.00. The van der Waals surface area contributed by atoms with Gasteiger partial charge < -0.3 is 14.8 Å². The molecule has 21 heavy (non-hydrogen) atoms. The number of hydrogen-bond acceptors (Lipinski definition) is 3. The van der Waals surface area contributed by atoms with Crippen LogP contribution in [-0.4, -0.2) is 38.0 Å². The number of hydrogen-bond donors (Lipinski definition) is 1. The van der Waals surface area contributed by atoms with Crippen molar-refractivity contribution in [3.8, 4) is 0 Å². The van der Waals surface area contributed by atoms with Crippen molar-refractivity contribution >= 4 is 0 Å². The van der Waals surface area contributed by atoms with Crippen LogP contribution in [0.25, 0.3) is 0 Å². The smallest absolute Gasteiger partial charge is 0.0834 e. The largest absolute Gasteiger partial charge is 0.378 e. The minimum atomic E-state index is 0.0759. The van der Waals surface area contributed by atoms with Gasteiger partial charge in [-0.1, -0.05) is 6.92 Å². The molecule has 2 rings (SSSR count). The maximum atomic E-state index is 6.30. The molecule has 2 atom stereocenters. The SMILES string of the molecule is CCOC1(C(CCCC2CCCO2)NC)CCC(C)CC1. The van der Waals surface area contributed by atoms with Crippen molar-refractivity contribution in [1.82, 2.24) is 5.32 Å². The van der Waals surface area contributed by atoms with E-state index in [9.17, 15) is 0 Å². The van der Waals surface area contributed by atoms with E-state index in [1.54, 1.807) is 0 Å². The third kappa shape index (κ3) is 4.67. The molecule has 3 heteroatoms. The first-order chi connectivity index (χ1) is 10.2. The monoisotopic (exact) mass is 297 g/mol. The molecule has 0 spiro atoms. The fourth-order valence-corrected chi connectivity index (χ4v) is 4.22. The van der Waals surface area contributed by atoms with Crippen molar-refractivity contribution in [1.29, 1.82) is 0 Å². The van der Waals surface area contributed by atoms with Gasteiger partial charge in [-0.05, 0) is 77.7 Å². The maximum Gasteiger partial charge on any atom is 0.0834 e. The highest BCUT2D eigenvalue weighted by atomic mass is 16.5. The van der Waals surface area contributed by atoms with E-state index in [4.69, 9.17) is 9.47 Å². The van der Waals surface area contributed by atoms with Gasteiger partial charge in [0.2, 0.25) is 0 Å². The second kappa shape index (κ2) is 8.50. The first kappa shape index (κ1) is 17.2. The fourth-order valence-electron chi connectivity index (χ4n) is 4.22. The standard InChI is InChI=1S/C18H35NO2/c1-4-21-18(12-10-15(2)11-13-18)17(19-3)9-5-7-16-8-6-14-20-16/h15-17,19H,4-14H2,1-3H3. The lowest BCUT2D eigenvalue weighted by Crippen LogP contribution is -2.53. The van der Waals surface area contributed by atoms with Crippen LogP contribution in [0.5, 0.6) is 0 Å². The Hall–Kier alpha value is -0.120. The molecule has 1 aliphatic heterocycles. The summed E-state index contributed by atoms with van der Waals surface area (Å²) in [4.78, 5) is 0. The highest BCUT2D eigenvalue weighted by Gasteiger charge is 2.41. The van der Waals surface area contributed by atoms with E-state index >= 15 is 0 Å². The molecule has 1 heterocycles. The number of nitrogens with one attached hydrogen (secondary N) is 1. The van der Waals surface area contributed by atoms with E-state index in [2.05, 4.69) is 26.2 Å². The van der Waals surface area contributed by atoms with Crippen LogP contribution in [0.15, 0.2) is 0 Å². The van der Waals surface area contributed by atoms with Gasteiger partial charge in [0.25, 0.3) is 0 Å². The molecule has 3 nitrogen and oxygen atoms in total. The van der Waals surface area contributed by atoms with Crippen LogP contribution in [0.3, 0.4) is 0 Å². The van der Waals surface area contributed by atoms with Gasteiger partial charge in [-0.15, -0.1) is 0 Å². The van der Waals surface area contributed by atoms with Gasteiger partial charge in [0.1, 0.15) is 0 Å². The summed E-state index contributed by atoms with van der Waals surface area (Å²) in [5.74, 6) is 0.864. The van der Waals surface area contributed by atoms with Crippen LogP contribution in [-0.2, 0) is 9.47 Å². The van der Waals surface area contributed by atoms with E-state index in [1.165, 1.54) is 57.8 Å². The topological polar surface area (TPSA) is 30.5 Å². The molecular formula is C18H35NO2. The van der Waals surface area contributed by atoms with Crippen LogP contribution >= 0.6 is 0 Å². The molecular weight excluding hydrogens is 262 g/mol. The second-order valence-electron chi connectivity index (χ2n) is 7.09. The summed E-state index contributed by atoms with van der Waals surface area (Å²) >= 11 is 0. The van der Waals surface area contributed by atoms with Crippen LogP contribution in [0.4, 0.5) is 0 Å². The van der Waals surface area contributed by atoms with E-state index in [1.807, 2.05) is 0 Å². The lowest BCUT2D eigenvalue weighted by molar-refractivity contribution is -0.0970. The summed E-state index contributed by atoms with van der Waals surface area (Å²) in [5.41, 5.74) is 0.0759. The molecule has 0 aromatic rings. The Morgan fingerprint density at radius 1 is 1.29 bits per heavy atom. The molecule has 2 fully saturated rings. The maximum absolute atomic E-state index is 6.30. The lowest BCUT2D eigenvalue weighted by atomic mass is 9.74. The van der Waals surface area contributed by atoms with Crippen molar-refractivity contribution in [2.75, 3.05) is 20.3 Å². The van der Waals surface area contributed by atoms with E-state index in [-0.39, 0.29) is 5.60 Å². The third-order valence-corrected chi connectivity index (χ3v) is 5.58. The second-order valence-corrected chi connectivity index (χ2v) is 7.09. The average molecular weight is 297 g/mol. The molecule has 1 saturated heterocycles. The summed E-state index contributed by atoms with van der Waals surface area (Å²) in [6.07, 6.45) is 11.8. The van der Waals surface area contributed by atoms with Crippen molar-refractivity contribution in [3.05, 3.63) is 0 Å². The van der Waals surface area contributed by atoms with Gasteiger partial charge in [0, 0.05) is 19.3 Å². The molecule has 0 radical (unpaired) electrons. The highest BCUT2D eigenvalue weighted by molar-refractivity contribution is 4.96. The van der Waals surface area contributed by atoms with E-state index in [0.717, 1.165) is 19.1 Å². The van der Waals surface area contributed by atoms with E-state index in [0.29, 0.717) is 12.1 Å². The Bertz CT molecular complexity index is 281. The van der Waals surface area contributed by atoms with Crippen molar-refractivity contribution in [3.63, 3.8) is 0 Å². The number of ether oxygens (including phenoxy) is 2. The van der Waals surface area contributed by atoms with Crippen LogP contribution in [0.2, 0.25) is 0 Å². The van der Waals surface area contributed by atoms with Crippen LogP contribution < -0.4 is 5.32 Å². The molecule has 0 aromatic heterocycles. The Morgan fingerprint density at radius 2 is 2.05 bits per heavy atom. The van der Waals surface area contributed by atoms with Gasteiger partial charge in [0.15, 0.2) is 0 Å². The van der Waals surface area contributed by atoms with Crippen LogP contribution in [0.1, 0.15) is 71.6 Å². The minimum absolute atomic E-state index is 0.0759. The van der Waals surface area contributed by atoms with Gasteiger partial charge in [-0.3, -0.25) is 0 Å². The number of rotatable bonds is 8. The summed E-state index contributed by atoms with van der Waals surface area (Å²) in [6, 6.07) is 0.492. The Labute approximate surface area is 131 Å². The van der Waals surface area contributed by atoms with Gasteiger partial charge in [0.05, 0.1) is 11.7 Å². The molecule has 1 aliphatic carbocycles. The zero-order valence-electron chi connectivity index (χ0n) is 14.3. The molecule has 0 amide bonds. The van der Waals surface area contributed by atoms with E-state index < -0.39 is 0 Å². The zero-order valence-corrected chi connectivity index (χ0v) is 14.3. The zero-order chi connectivity index (χ0) is 15.1. The lowest BCUT2D eigenvalue weighted by Gasteiger charge is -2.45. The van der Waals surface area contributed by atoms with Crippen molar-refractivity contribution in [2.24, 2.45) is 5.92 Å². The summed E-state index contributed by atoms with van der Waals surface area (Å²) < 4.78 is 12.0. The highest BCUT2D eigenvalue weighted by Crippen LogP contribution is 2.38. The molecule has 124 valence electrons. The third-order valence-electron chi connectivity index (χ3n) is 5.58. The molecule has 0 bridgehead atoms. The molecule has 0 aromatic carbocycles. The van der Waals surface area contributed by atoms with Crippen LogP contribution in [0, 0.1) is 5.92 Å². The summed E-state index contributed by atoms with van der Waals surface area (Å²) in [5, 5.41) is 3.57. The average Bonchev–Trinajstić information content (AvgIpc) is 3.00. The molecule has 1 N–H and O–H groups in total. The Kier molecular flexibility index (Phi) is 6.97. The quantitative estimate of drug-likeness (QED) is 0.737. The van der Waals surface area contributed by atoms with Crippen molar-refractivity contribution < 1.29 is 9.47 Å². The predicted molar refractivity (Wildman–Crippen MR) is 87.7 cm³/mol. The molecule has 2 aliphatic rings. The molecule has 2 unspecified atom stereocenters. The van der Waals surface area contributed by atoms with Gasteiger partial charge in [-0.2, -0.15) is 0 Å². The summed E-state index contributed by atoms with van der Waals surface area (Å²) in [6.45, 7) is 6.32. The summed E-state index contributed by atoms with van der Waals surface area (Å²) in [7, 11) is 2.11. The van der Waals surface area contributed by atoms with Gasteiger partial charge >= 0.3 is 0 Å². The predicted octanol–water partition coefficient (Wildman–Crippen LogP) is 3.91. The van der Waals surface area contributed by atoms with Crippen molar-refractivity contribution in [2.45, 2.75) is 89.4 Å². The Morgan fingerprint density at radius 3 is 2.62 bits per heavy atom. The molecule has 1 saturated carbocycles.